The summed E-state index contributed by atoms with van der Waals surface area (Å²) >= 11 is 0. The first kappa shape index (κ1) is 26.5. The van der Waals surface area contributed by atoms with Crippen LogP contribution in [0.1, 0.15) is 119 Å². The molecule has 200 valence electrons. The van der Waals surface area contributed by atoms with Crippen LogP contribution in [0.25, 0.3) is 0 Å². The van der Waals surface area contributed by atoms with Crippen LogP contribution >= 0.6 is 0 Å². The average Bonchev–Trinajstić information content (AvgIpc) is 3.31. The van der Waals surface area contributed by atoms with Crippen molar-refractivity contribution in [3.63, 3.8) is 0 Å². The zero-order valence-electron chi connectivity index (χ0n) is 25.2. The van der Waals surface area contributed by atoms with Crippen LogP contribution < -0.4 is 0 Å². The maximum atomic E-state index is 6.87. The number of fused-ring (bicyclic) bond motifs is 2. The summed E-state index contributed by atoms with van der Waals surface area (Å²) in [4.78, 5) is 0. The van der Waals surface area contributed by atoms with Gasteiger partial charge in [0.2, 0.25) is 0 Å². The summed E-state index contributed by atoms with van der Waals surface area (Å²) in [6, 6.07) is 0. The van der Waals surface area contributed by atoms with E-state index in [1.54, 1.807) is 6.42 Å². The molecule has 0 amide bonds. The Morgan fingerprint density at radius 3 is 2.17 bits per heavy atom. The minimum absolute atomic E-state index is 0.340. The quantitative estimate of drug-likeness (QED) is 0.261. The molecule has 2 heteroatoms. The SMILES string of the molecule is CC(C)=CCCC(C)C1CCC2(C)C3CCC4C(C)(C)C(O[Si](C)(C)C)CCC45CC35CCC12C. The molecule has 1 nitrogen and oxygen atoms in total. The lowest BCUT2D eigenvalue weighted by atomic mass is 9.41. The van der Waals surface area contributed by atoms with E-state index in [0.29, 0.717) is 33.2 Å². The first-order valence-corrected chi connectivity index (χ1v) is 18.9. The lowest BCUT2D eigenvalue weighted by molar-refractivity contribution is -0.159. The lowest BCUT2D eigenvalue weighted by Crippen LogP contribution is -2.58. The Morgan fingerprint density at radius 2 is 1.51 bits per heavy atom. The van der Waals surface area contributed by atoms with Crippen molar-refractivity contribution in [3.05, 3.63) is 11.6 Å². The molecule has 0 aromatic rings. The lowest BCUT2D eigenvalue weighted by Gasteiger charge is -2.64. The molecule has 0 aliphatic heterocycles. The van der Waals surface area contributed by atoms with Crippen LogP contribution in [0.5, 0.6) is 0 Å². The van der Waals surface area contributed by atoms with Crippen molar-refractivity contribution in [1.29, 1.82) is 0 Å². The molecule has 0 radical (unpaired) electrons. The van der Waals surface area contributed by atoms with Crippen LogP contribution in [0.4, 0.5) is 0 Å². The fourth-order valence-electron chi connectivity index (χ4n) is 11.8. The van der Waals surface area contributed by atoms with Gasteiger partial charge in [-0.3, -0.25) is 0 Å². The highest BCUT2D eigenvalue weighted by atomic mass is 28.4. The van der Waals surface area contributed by atoms with Crippen molar-refractivity contribution in [3.8, 4) is 0 Å². The Bertz CT molecular complexity index is 863. The summed E-state index contributed by atoms with van der Waals surface area (Å²) in [6.45, 7) is 25.0. The van der Waals surface area contributed by atoms with Crippen LogP contribution in [0, 0.1) is 50.7 Å². The first-order valence-electron chi connectivity index (χ1n) is 15.4. The van der Waals surface area contributed by atoms with E-state index in [2.05, 4.69) is 74.2 Å². The third-order valence-electron chi connectivity index (χ3n) is 13.5. The van der Waals surface area contributed by atoms with Crippen LogP contribution in [-0.4, -0.2) is 14.4 Å². The zero-order chi connectivity index (χ0) is 25.7. The van der Waals surface area contributed by atoms with Gasteiger partial charge < -0.3 is 4.43 Å². The molecule has 0 aromatic heterocycles. The third-order valence-corrected chi connectivity index (χ3v) is 14.5. The molecule has 0 saturated heterocycles. The minimum Gasteiger partial charge on any atom is -0.414 e. The smallest absolute Gasteiger partial charge is 0.184 e. The monoisotopic (exact) mass is 498 g/mol. The summed E-state index contributed by atoms with van der Waals surface area (Å²) in [5.74, 6) is 3.66. The van der Waals surface area contributed by atoms with Gasteiger partial charge in [0.05, 0.1) is 6.10 Å². The Balaban J connectivity index is 1.38. The van der Waals surface area contributed by atoms with E-state index in [1.807, 2.05) is 0 Å². The highest BCUT2D eigenvalue weighted by Crippen LogP contribution is 2.89. The van der Waals surface area contributed by atoms with Gasteiger partial charge in [-0.1, -0.05) is 46.3 Å². The zero-order valence-corrected chi connectivity index (χ0v) is 26.2. The van der Waals surface area contributed by atoms with Crippen molar-refractivity contribution in [1.82, 2.24) is 0 Å². The molecule has 5 fully saturated rings. The molecule has 0 N–H and O–H groups in total. The molecule has 5 saturated carbocycles. The minimum atomic E-state index is -1.51. The molecule has 5 rings (SSSR count). The van der Waals surface area contributed by atoms with E-state index in [9.17, 15) is 0 Å². The highest BCUT2D eigenvalue weighted by molar-refractivity contribution is 6.69. The molecule has 9 unspecified atom stereocenters. The molecule has 5 aliphatic rings. The molecular formula is C33H58OSi. The topological polar surface area (TPSA) is 9.23 Å². The molecule has 5 aliphatic carbocycles. The summed E-state index contributed by atoms with van der Waals surface area (Å²) in [6.07, 6.45) is 19.0. The predicted octanol–water partition coefficient (Wildman–Crippen LogP) is 10.0. The average molecular weight is 499 g/mol. The van der Waals surface area contributed by atoms with E-state index in [-0.39, 0.29) is 0 Å². The van der Waals surface area contributed by atoms with Gasteiger partial charge in [0.25, 0.3) is 0 Å². The first-order chi connectivity index (χ1) is 16.1. The normalized spacial score (nSPS) is 48.7. The van der Waals surface area contributed by atoms with Gasteiger partial charge in [0.15, 0.2) is 8.32 Å². The van der Waals surface area contributed by atoms with Gasteiger partial charge in [-0.25, -0.2) is 0 Å². The van der Waals surface area contributed by atoms with Crippen molar-refractivity contribution < 1.29 is 4.43 Å². The molecule has 35 heavy (non-hydrogen) atoms. The van der Waals surface area contributed by atoms with Crippen LogP contribution in [0.15, 0.2) is 11.6 Å². The van der Waals surface area contributed by atoms with Crippen LogP contribution in [0.3, 0.4) is 0 Å². The van der Waals surface area contributed by atoms with E-state index < -0.39 is 8.32 Å². The van der Waals surface area contributed by atoms with Gasteiger partial charge in [-0.05, 0) is 155 Å². The summed E-state index contributed by atoms with van der Waals surface area (Å²) in [5, 5.41) is 0. The van der Waals surface area contributed by atoms with Gasteiger partial charge in [0.1, 0.15) is 0 Å². The predicted molar refractivity (Wildman–Crippen MR) is 153 cm³/mol. The maximum Gasteiger partial charge on any atom is 0.184 e. The highest BCUT2D eigenvalue weighted by Gasteiger charge is 2.82. The molecular weight excluding hydrogens is 440 g/mol. The summed E-state index contributed by atoms with van der Waals surface area (Å²) < 4.78 is 6.87. The van der Waals surface area contributed by atoms with Gasteiger partial charge in [-0.15, -0.1) is 0 Å². The molecule has 9 atom stereocenters. The third kappa shape index (κ3) is 3.68. The van der Waals surface area contributed by atoms with Crippen molar-refractivity contribution in [2.45, 2.75) is 145 Å². The standard InChI is InChI=1S/C33H58OSi/c1-23(2)12-11-13-24(3)25-16-18-31(7)27-15-14-26-29(4,5)28(34-35(8,9)10)17-19-32(26)22-33(27,32)21-20-30(25,31)6/h12,24-28H,11,13-22H2,1-10H3. The van der Waals surface area contributed by atoms with E-state index >= 15 is 0 Å². The Kier molecular flexibility index (Phi) is 6.22. The number of hydrogen-bond acceptors (Lipinski definition) is 1. The largest absolute Gasteiger partial charge is 0.414 e. The molecule has 0 aromatic carbocycles. The molecule has 2 spiro atoms. The van der Waals surface area contributed by atoms with Crippen molar-refractivity contribution >= 4 is 8.32 Å². The van der Waals surface area contributed by atoms with Crippen LogP contribution in [-0.2, 0) is 4.43 Å². The fraction of sp³-hybridized carbons (Fsp3) is 0.939. The van der Waals surface area contributed by atoms with E-state index in [0.717, 1.165) is 23.7 Å². The van der Waals surface area contributed by atoms with Crippen molar-refractivity contribution in [2.75, 3.05) is 0 Å². The van der Waals surface area contributed by atoms with Crippen LogP contribution in [0.2, 0.25) is 19.6 Å². The fourth-order valence-corrected chi connectivity index (χ4v) is 13.0. The Labute approximate surface area is 219 Å². The van der Waals surface area contributed by atoms with Crippen molar-refractivity contribution in [2.24, 2.45) is 50.7 Å². The second-order valence-electron chi connectivity index (χ2n) is 16.6. The number of allylic oxidation sites excluding steroid dienone is 2. The summed E-state index contributed by atoms with van der Waals surface area (Å²) in [5.41, 5.74) is 4.26. The van der Waals surface area contributed by atoms with Gasteiger partial charge >= 0.3 is 0 Å². The van der Waals surface area contributed by atoms with E-state index in [1.165, 1.54) is 69.8 Å². The van der Waals surface area contributed by atoms with Gasteiger partial charge in [0, 0.05) is 0 Å². The van der Waals surface area contributed by atoms with E-state index in [4.69, 9.17) is 4.43 Å². The Morgan fingerprint density at radius 1 is 0.857 bits per heavy atom. The number of hydrogen-bond donors (Lipinski definition) is 0. The maximum absolute atomic E-state index is 6.87. The summed E-state index contributed by atoms with van der Waals surface area (Å²) in [7, 11) is -1.51. The second-order valence-corrected chi connectivity index (χ2v) is 21.0. The van der Waals surface area contributed by atoms with Gasteiger partial charge in [-0.2, -0.15) is 0 Å². The number of rotatable bonds is 6. The molecule has 0 bridgehead atoms. The molecule has 0 heterocycles. The second kappa shape index (κ2) is 8.21. The Hall–Kier alpha value is -0.0831.